The smallest absolute Gasteiger partial charge is 0.337 e. The van der Waals surface area contributed by atoms with E-state index in [4.69, 9.17) is 5.11 Å². The first-order valence-electron chi connectivity index (χ1n) is 4.95. The average molecular weight is 225 g/mol. The zero-order chi connectivity index (χ0) is 11.3. The van der Waals surface area contributed by atoms with Gasteiger partial charge in [-0.1, -0.05) is 20.3 Å². The molecule has 1 atom stereocenters. The summed E-state index contributed by atoms with van der Waals surface area (Å²) in [6, 6.07) is 3.35. The van der Waals surface area contributed by atoms with Crippen LogP contribution in [0.1, 0.15) is 30.6 Å². The van der Waals surface area contributed by atoms with Crippen LogP contribution in [-0.4, -0.2) is 21.8 Å². The second-order valence-electron chi connectivity index (χ2n) is 3.51. The van der Waals surface area contributed by atoms with Crippen molar-refractivity contribution in [2.24, 2.45) is 5.92 Å². The highest BCUT2D eigenvalue weighted by Crippen LogP contribution is 2.19. The van der Waals surface area contributed by atoms with Crippen molar-refractivity contribution in [3.8, 4) is 0 Å². The topological polar surface area (TPSA) is 50.2 Å². The van der Waals surface area contributed by atoms with E-state index in [1.54, 1.807) is 23.9 Å². The molecule has 0 saturated carbocycles. The average Bonchev–Trinajstić information content (AvgIpc) is 2.26. The van der Waals surface area contributed by atoms with E-state index in [0.717, 1.165) is 17.2 Å². The lowest BCUT2D eigenvalue weighted by Crippen LogP contribution is -1.98. The van der Waals surface area contributed by atoms with Gasteiger partial charge in [0, 0.05) is 11.9 Å². The van der Waals surface area contributed by atoms with Crippen molar-refractivity contribution in [1.29, 1.82) is 0 Å². The predicted octanol–water partition coefficient (Wildman–Crippen LogP) is 2.92. The number of aromatic nitrogens is 1. The monoisotopic (exact) mass is 225 g/mol. The van der Waals surface area contributed by atoms with Crippen LogP contribution in [0, 0.1) is 5.92 Å². The number of hydrogen-bond acceptors (Lipinski definition) is 3. The van der Waals surface area contributed by atoms with Gasteiger partial charge in [0.15, 0.2) is 0 Å². The normalized spacial score (nSPS) is 12.4. The first-order chi connectivity index (χ1) is 7.13. The van der Waals surface area contributed by atoms with Gasteiger partial charge < -0.3 is 5.11 Å². The highest BCUT2D eigenvalue weighted by molar-refractivity contribution is 7.99. The number of rotatable bonds is 5. The van der Waals surface area contributed by atoms with Gasteiger partial charge in [0.05, 0.1) is 10.6 Å². The maximum Gasteiger partial charge on any atom is 0.337 e. The van der Waals surface area contributed by atoms with Crippen molar-refractivity contribution in [2.75, 3.05) is 5.75 Å². The molecule has 1 aromatic rings. The van der Waals surface area contributed by atoms with Crippen LogP contribution in [0.4, 0.5) is 0 Å². The summed E-state index contributed by atoms with van der Waals surface area (Å²) in [6.45, 7) is 4.35. The van der Waals surface area contributed by atoms with E-state index in [1.807, 2.05) is 0 Å². The molecule has 1 rings (SSSR count). The van der Waals surface area contributed by atoms with E-state index in [0.29, 0.717) is 5.92 Å². The molecule has 0 aliphatic rings. The van der Waals surface area contributed by atoms with E-state index >= 15 is 0 Å². The summed E-state index contributed by atoms with van der Waals surface area (Å²) < 4.78 is 0. The van der Waals surface area contributed by atoms with Crippen LogP contribution < -0.4 is 0 Å². The van der Waals surface area contributed by atoms with Gasteiger partial charge >= 0.3 is 5.97 Å². The van der Waals surface area contributed by atoms with Crippen molar-refractivity contribution >= 4 is 17.7 Å². The van der Waals surface area contributed by atoms with Crippen LogP contribution in [0.15, 0.2) is 23.4 Å². The lowest BCUT2D eigenvalue weighted by molar-refractivity contribution is 0.0696. The van der Waals surface area contributed by atoms with Crippen molar-refractivity contribution in [2.45, 2.75) is 25.3 Å². The third-order valence-corrected chi connectivity index (χ3v) is 3.47. The number of thioether (sulfide) groups is 1. The molecule has 0 radical (unpaired) electrons. The molecule has 0 bridgehead atoms. The maximum absolute atomic E-state index is 10.6. The Morgan fingerprint density at radius 1 is 1.60 bits per heavy atom. The summed E-state index contributed by atoms with van der Waals surface area (Å²) in [5, 5.41) is 9.57. The Labute approximate surface area is 93.9 Å². The number of aromatic carboxylic acids is 1. The third kappa shape index (κ3) is 3.91. The van der Waals surface area contributed by atoms with Crippen molar-refractivity contribution in [3.63, 3.8) is 0 Å². The minimum atomic E-state index is -0.930. The Morgan fingerprint density at radius 3 is 2.80 bits per heavy atom. The number of carboxylic acid groups (broad SMARTS) is 1. The molecule has 3 nitrogen and oxygen atoms in total. The van der Waals surface area contributed by atoms with E-state index in [1.165, 1.54) is 6.20 Å². The molecule has 0 fully saturated rings. The van der Waals surface area contributed by atoms with Crippen LogP contribution >= 0.6 is 11.8 Å². The SMILES string of the molecule is CCC(C)CSc1ccc(C(=O)O)cn1. The lowest BCUT2D eigenvalue weighted by atomic mass is 10.2. The molecule has 82 valence electrons. The second-order valence-corrected chi connectivity index (χ2v) is 4.55. The van der Waals surface area contributed by atoms with Gasteiger partial charge in [0.1, 0.15) is 0 Å². The summed E-state index contributed by atoms with van der Waals surface area (Å²) in [6.07, 6.45) is 2.56. The Balaban J connectivity index is 2.53. The molecular formula is C11H15NO2S. The molecule has 15 heavy (non-hydrogen) atoms. The van der Waals surface area contributed by atoms with Crippen molar-refractivity contribution < 1.29 is 9.90 Å². The van der Waals surface area contributed by atoms with E-state index in [-0.39, 0.29) is 5.56 Å². The fourth-order valence-corrected chi connectivity index (χ4v) is 1.92. The molecule has 0 saturated heterocycles. The van der Waals surface area contributed by atoms with Crippen molar-refractivity contribution in [3.05, 3.63) is 23.9 Å². The van der Waals surface area contributed by atoms with Crippen molar-refractivity contribution in [1.82, 2.24) is 4.98 Å². The predicted molar refractivity (Wildman–Crippen MR) is 61.4 cm³/mol. The van der Waals surface area contributed by atoms with Gasteiger partial charge in [-0.25, -0.2) is 9.78 Å². The Hall–Kier alpha value is -1.03. The van der Waals surface area contributed by atoms with Crippen LogP contribution in [0.2, 0.25) is 0 Å². The molecule has 1 unspecified atom stereocenters. The number of carbonyl (C=O) groups is 1. The minimum absolute atomic E-state index is 0.239. The fraction of sp³-hybridized carbons (Fsp3) is 0.455. The van der Waals surface area contributed by atoms with Gasteiger partial charge in [-0.3, -0.25) is 0 Å². The number of hydrogen-bond donors (Lipinski definition) is 1. The van der Waals surface area contributed by atoms with Crippen LogP contribution in [-0.2, 0) is 0 Å². The lowest BCUT2D eigenvalue weighted by Gasteiger charge is -2.06. The summed E-state index contributed by atoms with van der Waals surface area (Å²) in [4.78, 5) is 14.7. The van der Waals surface area contributed by atoms with E-state index in [9.17, 15) is 4.79 Å². The molecular weight excluding hydrogens is 210 g/mol. The molecule has 4 heteroatoms. The second kappa shape index (κ2) is 5.75. The largest absolute Gasteiger partial charge is 0.478 e. The standard InChI is InChI=1S/C11H15NO2S/c1-3-8(2)7-15-10-5-4-9(6-12-10)11(13)14/h4-6,8H,3,7H2,1-2H3,(H,13,14). The van der Waals surface area contributed by atoms with Crippen LogP contribution in [0.25, 0.3) is 0 Å². The summed E-state index contributed by atoms with van der Waals surface area (Å²) in [5.41, 5.74) is 0.239. The first kappa shape index (κ1) is 12.0. The maximum atomic E-state index is 10.6. The van der Waals surface area contributed by atoms with Crippen LogP contribution in [0.3, 0.4) is 0 Å². The number of carboxylic acids is 1. The van der Waals surface area contributed by atoms with E-state index in [2.05, 4.69) is 18.8 Å². The molecule has 1 aromatic heterocycles. The molecule has 1 heterocycles. The first-order valence-corrected chi connectivity index (χ1v) is 5.94. The summed E-state index contributed by atoms with van der Waals surface area (Å²) in [5.74, 6) is 0.757. The van der Waals surface area contributed by atoms with Gasteiger partial charge in [-0.15, -0.1) is 11.8 Å². The zero-order valence-corrected chi connectivity index (χ0v) is 9.75. The highest BCUT2D eigenvalue weighted by atomic mass is 32.2. The van der Waals surface area contributed by atoms with Gasteiger partial charge in [0.2, 0.25) is 0 Å². The summed E-state index contributed by atoms with van der Waals surface area (Å²) >= 11 is 1.67. The summed E-state index contributed by atoms with van der Waals surface area (Å²) in [7, 11) is 0. The molecule has 0 spiro atoms. The van der Waals surface area contributed by atoms with E-state index < -0.39 is 5.97 Å². The quantitative estimate of drug-likeness (QED) is 0.783. The molecule has 1 N–H and O–H groups in total. The third-order valence-electron chi connectivity index (χ3n) is 2.20. The Morgan fingerprint density at radius 2 is 2.33 bits per heavy atom. The molecule has 0 aromatic carbocycles. The van der Waals surface area contributed by atoms with Crippen LogP contribution in [0.5, 0.6) is 0 Å². The Bertz CT molecular complexity index is 324. The fourth-order valence-electron chi connectivity index (χ4n) is 0.938. The highest BCUT2D eigenvalue weighted by Gasteiger charge is 2.04. The zero-order valence-electron chi connectivity index (χ0n) is 8.93. The molecule has 0 amide bonds. The van der Waals surface area contributed by atoms with Gasteiger partial charge in [0.25, 0.3) is 0 Å². The molecule has 0 aliphatic carbocycles. The van der Waals surface area contributed by atoms with Gasteiger partial charge in [-0.2, -0.15) is 0 Å². The number of nitrogens with zero attached hydrogens (tertiary/aromatic N) is 1. The number of pyridine rings is 1. The molecule has 0 aliphatic heterocycles. The minimum Gasteiger partial charge on any atom is -0.478 e. The van der Waals surface area contributed by atoms with Gasteiger partial charge in [-0.05, 0) is 18.1 Å². The Kier molecular flexibility index (Phi) is 4.62.